The number of aromatic nitrogens is 5. The van der Waals surface area contributed by atoms with Crippen LogP contribution in [0.25, 0.3) is 16.7 Å². The van der Waals surface area contributed by atoms with E-state index in [2.05, 4.69) is 25.1 Å². The number of piperidine rings is 2. The number of fused-ring (bicyclic) bond motifs is 3. The molecule has 9 heteroatoms. The van der Waals surface area contributed by atoms with Gasteiger partial charge >= 0.3 is 0 Å². The summed E-state index contributed by atoms with van der Waals surface area (Å²) in [6.07, 6.45) is 6.07. The van der Waals surface area contributed by atoms with Gasteiger partial charge in [-0.2, -0.15) is 15.0 Å². The number of amides is 1. The molecule has 0 aliphatic carbocycles. The van der Waals surface area contributed by atoms with Gasteiger partial charge in [0.1, 0.15) is 11.6 Å². The molecule has 2 aliphatic rings. The molecule has 4 heterocycles. The molecule has 2 aliphatic heterocycles. The lowest BCUT2D eigenvalue weighted by Gasteiger charge is -2.46. The Balaban J connectivity index is 1.23. The number of carbonyl (C=O) groups is 1. The number of benzene rings is 2. The van der Waals surface area contributed by atoms with E-state index in [1.807, 2.05) is 30.0 Å². The van der Waals surface area contributed by atoms with E-state index in [0.29, 0.717) is 47.2 Å². The highest BCUT2D eigenvalue weighted by Crippen LogP contribution is 2.33. The van der Waals surface area contributed by atoms with Crippen LogP contribution in [0.3, 0.4) is 0 Å². The first-order chi connectivity index (χ1) is 16.5. The Hall–Kier alpha value is -3.88. The minimum Gasteiger partial charge on any atom is -0.355 e. The SMILES string of the molecule is Cc1cccc(-n2nccn2)c1C(=O)N1CC2CC(C1)CN(c1cnc3ccc(F)cc3n1)C2. The summed E-state index contributed by atoms with van der Waals surface area (Å²) >= 11 is 0. The maximum Gasteiger partial charge on any atom is 0.256 e. The van der Waals surface area contributed by atoms with Gasteiger partial charge in [-0.3, -0.25) is 9.78 Å². The molecule has 2 unspecified atom stereocenters. The average molecular weight is 458 g/mol. The highest BCUT2D eigenvalue weighted by atomic mass is 19.1. The van der Waals surface area contributed by atoms with Crippen molar-refractivity contribution in [2.75, 3.05) is 31.1 Å². The predicted molar refractivity (Wildman–Crippen MR) is 125 cm³/mol. The fourth-order valence-corrected chi connectivity index (χ4v) is 5.36. The first kappa shape index (κ1) is 20.7. The molecule has 6 rings (SSSR count). The number of nitrogens with zero attached hydrogens (tertiary/aromatic N) is 7. The number of halogens is 1. The summed E-state index contributed by atoms with van der Waals surface area (Å²) in [6, 6.07) is 10.2. The molecule has 4 aromatic rings. The van der Waals surface area contributed by atoms with Crippen molar-refractivity contribution >= 4 is 22.8 Å². The van der Waals surface area contributed by atoms with Gasteiger partial charge in [-0.15, -0.1) is 0 Å². The van der Waals surface area contributed by atoms with E-state index in [1.165, 1.54) is 16.9 Å². The van der Waals surface area contributed by atoms with E-state index in [9.17, 15) is 9.18 Å². The number of hydrogen-bond acceptors (Lipinski definition) is 6. The van der Waals surface area contributed by atoms with Gasteiger partial charge in [0.2, 0.25) is 0 Å². The van der Waals surface area contributed by atoms with Crippen LogP contribution >= 0.6 is 0 Å². The van der Waals surface area contributed by atoms with Crippen molar-refractivity contribution in [2.45, 2.75) is 13.3 Å². The molecule has 34 heavy (non-hydrogen) atoms. The molecule has 0 radical (unpaired) electrons. The molecule has 8 nitrogen and oxygen atoms in total. The Morgan fingerprint density at radius 1 is 1.00 bits per heavy atom. The molecule has 2 fully saturated rings. The van der Waals surface area contributed by atoms with Gasteiger partial charge in [0.25, 0.3) is 5.91 Å². The smallest absolute Gasteiger partial charge is 0.256 e. The molecular formula is C25H24FN7O. The standard InChI is InChI=1S/C25H24FN7O/c1-16-3-2-4-22(33-28-7-8-29-33)24(16)25(34)32-14-17-9-18(15-32)13-31(12-17)23-11-27-20-6-5-19(26)10-21(20)30-23/h2-8,10-11,17-18H,9,12-15H2,1H3. The summed E-state index contributed by atoms with van der Waals surface area (Å²) in [7, 11) is 0. The zero-order valence-electron chi connectivity index (χ0n) is 18.8. The molecule has 0 spiro atoms. The largest absolute Gasteiger partial charge is 0.355 e. The zero-order chi connectivity index (χ0) is 23.2. The number of aryl methyl sites for hydroxylation is 1. The van der Waals surface area contributed by atoms with Crippen molar-refractivity contribution in [1.29, 1.82) is 0 Å². The molecule has 0 saturated carbocycles. The monoisotopic (exact) mass is 457 g/mol. The molecule has 172 valence electrons. The Bertz CT molecular complexity index is 1360. The van der Waals surface area contributed by atoms with Crippen molar-refractivity contribution in [3.05, 3.63) is 71.9 Å². The Labute approximate surface area is 196 Å². The third-order valence-electron chi connectivity index (χ3n) is 6.78. The van der Waals surface area contributed by atoms with Crippen molar-refractivity contribution in [1.82, 2.24) is 29.9 Å². The molecule has 2 saturated heterocycles. The Morgan fingerprint density at radius 3 is 2.53 bits per heavy atom. The summed E-state index contributed by atoms with van der Waals surface area (Å²) in [6.45, 7) is 4.89. The van der Waals surface area contributed by atoms with Gasteiger partial charge in [-0.25, -0.2) is 9.37 Å². The fraction of sp³-hybridized carbons (Fsp3) is 0.320. The van der Waals surface area contributed by atoms with Crippen molar-refractivity contribution < 1.29 is 9.18 Å². The summed E-state index contributed by atoms with van der Waals surface area (Å²) in [4.78, 5) is 28.5. The first-order valence-electron chi connectivity index (χ1n) is 11.5. The second-order valence-corrected chi connectivity index (χ2v) is 9.23. The van der Waals surface area contributed by atoms with E-state index < -0.39 is 0 Å². The van der Waals surface area contributed by atoms with Gasteiger partial charge in [-0.05, 0) is 48.9 Å². The highest BCUT2D eigenvalue weighted by molar-refractivity contribution is 5.99. The minimum absolute atomic E-state index is 0.0227. The van der Waals surface area contributed by atoms with Gasteiger partial charge < -0.3 is 9.80 Å². The fourth-order valence-electron chi connectivity index (χ4n) is 5.36. The van der Waals surface area contributed by atoms with E-state index in [4.69, 9.17) is 0 Å². The van der Waals surface area contributed by atoms with Crippen molar-refractivity contribution in [3.63, 3.8) is 0 Å². The number of hydrogen-bond donors (Lipinski definition) is 0. The van der Waals surface area contributed by atoms with Gasteiger partial charge in [-0.1, -0.05) is 12.1 Å². The summed E-state index contributed by atoms with van der Waals surface area (Å²) < 4.78 is 13.7. The number of carbonyl (C=O) groups excluding carboxylic acids is 1. The summed E-state index contributed by atoms with van der Waals surface area (Å²) in [5.74, 6) is 1.13. The van der Waals surface area contributed by atoms with Crippen LogP contribution in [-0.2, 0) is 0 Å². The van der Waals surface area contributed by atoms with Crippen LogP contribution in [0.2, 0.25) is 0 Å². The van der Waals surface area contributed by atoms with Crippen LogP contribution in [0.1, 0.15) is 22.3 Å². The van der Waals surface area contributed by atoms with E-state index in [0.717, 1.165) is 30.9 Å². The lowest BCUT2D eigenvalue weighted by molar-refractivity contribution is 0.0563. The predicted octanol–water partition coefficient (Wildman–Crippen LogP) is 3.26. The maximum atomic E-state index is 13.7. The molecule has 1 amide bonds. The third-order valence-corrected chi connectivity index (χ3v) is 6.78. The van der Waals surface area contributed by atoms with Gasteiger partial charge in [0.15, 0.2) is 0 Å². The lowest BCUT2D eigenvalue weighted by atomic mass is 9.84. The number of likely N-dealkylation sites (tertiary alicyclic amines) is 1. The minimum atomic E-state index is -0.315. The first-order valence-corrected chi connectivity index (χ1v) is 11.5. The van der Waals surface area contributed by atoms with Crippen LogP contribution in [0.15, 0.2) is 55.0 Å². The van der Waals surface area contributed by atoms with Crippen molar-refractivity contribution in [2.24, 2.45) is 11.8 Å². The summed E-state index contributed by atoms with van der Waals surface area (Å²) in [5.41, 5.74) is 3.50. The molecule has 0 N–H and O–H groups in total. The Morgan fingerprint density at radius 2 is 1.76 bits per heavy atom. The number of rotatable bonds is 3. The highest BCUT2D eigenvalue weighted by Gasteiger charge is 2.37. The van der Waals surface area contributed by atoms with Crippen molar-refractivity contribution in [3.8, 4) is 5.69 Å². The van der Waals surface area contributed by atoms with E-state index in [1.54, 1.807) is 24.7 Å². The summed E-state index contributed by atoms with van der Waals surface area (Å²) in [5, 5.41) is 8.47. The van der Waals surface area contributed by atoms with Crippen LogP contribution in [0.4, 0.5) is 10.2 Å². The third kappa shape index (κ3) is 3.67. The molecular weight excluding hydrogens is 433 g/mol. The van der Waals surface area contributed by atoms with Crippen LogP contribution in [0.5, 0.6) is 0 Å². The normalized spacial score (nSPS) is 20.1. The second-order valence-electron chi connectivity index (χ2n) is 9.23. The van der Waals surface area contributed by atoms with E-state index >= 15 is 0 Å². The van der Waals surface area contributed by atoms with Crippen LogP contribution < -0.4 is 4.90 Å². The number of anilines is 1. The van der Waals surface area contributed by atoms with Crippen LogP contribution in [-0.4, -0.2) is 61.9 Å². The molecule has 2 aromatic heterocycles. The molecule has 2 bridgehead atoms. The zero-order valence-corrected chi connectivity index (χ0v) is 18.8. The maximum absolute atomic E-state index is 13.7. The Kier molecular flexibility index (Phi) is 4.97. The topological polar surface area (TPSA) is 80.0 Å². The van der Waals surface area contributed by atoms with E-state index in [-0.39, 0.29) is 11.7 Å². The van der Waals surface area contributed by atoms with Gasteiger partial charge in [0.05, 0.1) is 40.9 Å². The average Bonchev–Trinajstić information content (AvgIpc) is 3.37. The molecule has 2 atom stereocenters. The second kappa shape index (κ2) is 8.16. The van der Waals surface area contributed by atoms with Crippen LogP contribution in [0, 0.1) is 24.6 Å². The molecule has 2 aromatic carbocycles. The van der Waals surface area contributed by atoms with Gasteiger partial charge in [0, 0.05) is 32.2 Å². The lowest BCUT2D eigenvalue weighted by Crippen LogP contribution is -2.54. The quantitative estimate of drug-likeness (QED) is 0.470.